The van der Waals surface area contributed by atoms with Gasteiger partial charge in [-0.15, -0.1) is 0 Å². The quantitative estimate of drug-likeness (QED) is 0.359. The molecule has 0 saturated carbocycles. The Hall–Kier alpha value is -3.10. The maximum absolute atomic E-state index is 13.6. The zero-order valence-electron chi connectivity index (χ0n) is 17.5. The van der Waals surface area contributed by atoms with E-state index in [0.29, 0.717) is 16.3 Å². The molecule has 0 fully saturated rings. The summed E-state index contributed by atoms with van der Waals surface area (Å²) in [4.78, 5) is 24.9. The van der Waals surface area contributed by atoms with Crippen LogP contribution in [0, 0.1) is 11.3 Å². The Balaban J connectivity index is 1.99. The van der Waals surface area contributed by atoms with Crippen molar-refractivity contribution in [2.75, 3.05) is 13.4 Å². The number of aromatic nitrogens is 4. The maximum atomic E-state index is 13.6. The molecule has 12 heteroatoms. The minimum atomic E-state index is -4.81. The molecule has 33 heavy (non-hydrogen) atoms. The second kappa shape index (κ2) is 10.2. The van der Waals surface area contributed by atoms with Crippen LogP contribution >= 0.6 is 23.4 Å². The first kappa shape index (κ1) is 24.5. The van der Waals surface area contributed by atoms with E-state index in [1.807, 2.05) is 6.07 Å². The molecule has 2 aromatic heterocycles. The standard InChI is InChI=1S/C21H17ClF3N5O2S/c1-32-18-14(9-27-20(29-18)33-2)10-30-11-28-17(21(23,24)25)16(19(30)31)4-3-12-5-13(8-26)7-15(22)6-12/h5-7,9,11H,3-4,10H2,1-2H3. The monoisotopic (exact) mass is 495 g/mol. The normalized spacial score (nSPS) is 11.3. The predicted molar refractivity (Wildman–Crippen MR) is 117 cm³/mol. The second-order valence-corrected chi connectivity index (χ2v) is 8.06. The Morgan fingerprint density at radius 1 is 1.24 bits per heavy atom. The fraction of sp³-hybridized carbons (Fsp3) is 0.286. The first-order valence-electron chi connectivity index (χ1n) is 9.45. The van der Waals surface area contributed by atoms with Crippen molar-refractivity contribution in [3.63, 3.8) is 0 Å². The Morgan fingerprint density at radius 2 is 2.00 bits per heavy atom. The zero-order chi connectivity index (χ0) is 24.2. The topological polar surface area (TPSA) is 93.7 Å². The molecule has 0 atom stereocenters. The van der Waals surface area contributed by atoms with Crippen LogP contribution < -0.4 is 10.3 Å². The highest BCUT2D eigenvalue weighted by atomic mass is 35.5. The summed E-state index contributed by atoms with van der Waals surface area (Å²) in [6, 6.07) is 6.45. The summed E-state index contributed by atoms with van der Waals surface area (Å²) in [5, 5.41) is 9.81. The molecule has 0 saturated heterocycles. The van der Waals surface area contributed by atoms with E-state index in [4.69, 9.17) is 21.6 Å². The van der Waals surface area contributed by atoms with Crippen LogP contribution in [0.1, 0.15) is 27.9 Å². The highest BCUT2D eigenvalue weighted by Gasteiger charge is 2.37. The van der Waals surface area contributed by atoms with Crippen LogP contribution in [0.5, 0.6) is 5.88 Å². The molecule has 2 heterocycles. The van der Waals surface area contributed by atoms with Gasteiger partial charge in [-0.2, -0.15) is 23.4 Å². The van der Waals surface area contributed by atoms with Crippen LogP contribution in [-0.2, 0) is 25.6 Å². The summed E-state index contributed by atoms with van der Waals surface area (Å²) in [6.45, 7) is -0.120. The lowest BCUT2D eigenvalue weighted by Crippen LogP contribution is -2.30. The molecule has 0 radical (unpaired) electrons. The summed E-state index contributed by atoms with van der Waals surface area (Å²) in [6.07, 6.45) is -0.897. The lowest BCUT2D eigenvalue weighted by atomic mass is 10.0. The van der Waals surface area contributed by atoms with Gasteiger partial charge in [0.2, 0.25) is 5.88 Å². The van der Waals surface area contributed by atoms with E-state index in [9.17, 15) is 18.0 Å². The Kier molecular flexibility index (Phi) is 7.61. The number of benzene rings is 1. The SMILES string of the molecule is COc1nc(SC)ncc1Cn1cnc(C(F)(F)F)c(CCc2cc(Cl)cc(C#N)c2)c1=O. The summed E-state index contributed by atoms with van der Waals surface area (Å²) in [7, 11) is 1.40. The number of hydrogen-bond donors (Lipinski definition) is 0. The van der Waals surface area contributed by atoms with E-state index >= 15 is 0 Å². The molecular formula is C21H17ClF3N5O2S. The van der Waals surface area contributed by atoms with Crippen LogP contribution in [0.3, 0.4) is 0 Å². The second-order valence-electron chi connectivity index (χ2n) is 6.85. The molecule has 0 aliphatic rings. The highest BCUT2D eigenvalue weighted by molar-refractivity contribution is 7.98. The average molecular weight is 496 g/mol. The van der Waals surface area contributed by atoms with Gasteiger partial charge in [0.25, 0.3) is 5.56 Å². The van der Waals surface area contributed by atoms with Gasteiger partial charge in [0, 0.05) is 16.8 Å². The number of nitriles is 1. The number of alkyl halides is 3. The van der Waals surface area contributed by atoms with Crippen molar-refractivity contribution in [1.29, 1.82) is 5.26 Å². The van der Waals surface area contributed by atoms with E-state index < -0.39 is 23.0 Å². The largest absolute Gasteiger partial charge is 0.481 e. The van der Waals surface area contributed by atoms with Gasteiger partial charge in [0.1, 0.15) is 0 Å². The lowest BCUT2D eigenvalue weighted by molar-refractivity contribution is -0.142. The van der Waals surface area contributed by atoms with Gasteiger partial charge in [-0.05, 0) is 42.9 Å². The highest BCUT2D eigenvalue weighted by Crippen LogP contribution is 2.30. The first-order valence-corrected chi connectivity index (χ1v) is 11.1. The molecule has 0 unspecified atom stereocenters. The van der Waals surface area contributed by atoms with Crippen molar-refractivity contribution in [2.45, 2.75) is 30.7 Å². The molecule has 172 valence electrons. The number of methoxy groups -OCH3 is 1. The zero-order valence-corrected chi connectivity index (χ0v) is 19.1. The van der Waals surface area contributed by atoms with Crippen LogP contribution in [0.2, 0.25) is 5.02 Å². The summed E-state index contributed by atoms with van der Waals surface area (Å²) in [5.74, 6) is 0.214. The van der Waals surface area contributed by atoms with Gasteiger partial charge in [-0.25, -0.2) is 9.97 Å². The minimum absolute atomic E-state index is 0.0636. The number of halogens is 4. The predicted octanol–water partition coefficient (Wildman–Crippen LogP) is 4.14. The van der Waals surface area contributed by atoms with Crippen molar-refractivity contribution in [1.82, 2.24) is 19.5 Å². The van der Waals surface area contributed by atoms with Gasteiger partial charge >= 0.3 is 6.18 Å². The first-order chi connectivity index (χ1) is 15.7. The van der Waals surface area contributed by atoms with Gasteiger partial charge in [-0.1, -0.05) is 23.4 Å². The van der Waals surface area contributed by atoms with Crippen molar-refractivity contribution >= 4 is 23.4 Å². The maximum Gasteiger partial charge on any atom is 0.433 e. The number of hydrogen-bond acceptors (Lipinski definition) is 7. The Morgan fingerprint density at radius 3 is 2.64 bits per heavy atom. The molecule has 0 aliphatic heterocycles. The molecule has 3 aromatic rings. The van der Waals surface area contributed by atoms with Crippen molar-refractivity contribution in [2.24, 2.45) is 0 Å². The fourth-order valence-corrected chi connectivity index (χ4v) is 3.78. The molecule has 1 aromatic carbocycles. The molecule has 0 spiro atoms. The van der Waals surface area contributed by atoms with Crippen molar-refractivity contribution in [3.05, 3.63) is 74.0 Å². The smallest absolute Gasteiger partial charge is 0.433 e. The summed E-state index contributed by atoms with van der Waals surface area (Å²) >= 11 is 7.27. The molecule has 0 bridgehead atoms. The number of ether oxygens (including phenoxy) is 1. The fourth-order valence-electron chi connectivity index (χ4n) is 3.19. The van der Waals surface area contributed by atoms with Gasteiger partial charge in [-0.3, -0.25) is 9.36 Å². The van der Waals surface area contributed by atoms with Gasteiger partial charge < -0.3 is 4.74 Å². The van der Waals surface area contributed by atoms with Crippen LogP contribution in [0.4, 0.5) is 13.2 Å². The number of aryl methyl sites for hydroxylation is 1. The lowest BCUT2D eigenvalue weighted by Gasteiger charge is -2.15. The van der Waals surface area contributed by atoms with E-state index in [-0.39, 0.29) is 35.9 Å². The summed E-state index contributed by atoms with van der Waals surface area (Å²) in [5.41, 5.74) is -1.34. The molecule has 0 N–H and O–H groups in total. The van der Waals surface area contributed by atoms with Crippen LogP contribution in [0.25, 0.3) is 0 Å². The Bertz CT molecular complexity index is 1270. The number of rotatable bonds is 7. The van der Waals surface area contributed by atoms with E-state index in [1.165, 1.54) is 37.2 Å². The Labute approximate surface area is 196 Å². The third-order valence-electron chi connectivity index (χ3n) is 4.67. The third-order valence-corrected chi connectivity index (χ3v) is 5.45. The summed E-state index contributed by atoms with van der Waals surface area (Å²) < 4.78 is 47.0. The van der Waals surface area contributed by atoms with Crippen LogP contribution in [0.15, 0.2) is 40.7 Å². The molecule has 0 aliphatic carbocycles. The van der Waals surface area contributed by atoms with E-state index in [1.54, 1.807) is 12.3 Å². The van der Waals surface area contributed by atoms with Crippen molar-refractivity contribution in [3.8, 4) is 11.9 Å². The number of thioether (sulfide) groups is 1. The van der Waals surface area contributed by atoms with Gasteiger partial charge in [0.15, 0.2) is 10.9 Å². The molecule has 0 amide bonds. The minimum Gasteiger partial charge on any atom is -0.481 e. The van der Waals surface area contributed by atoms with Crippen LogP contribution in [-0.4, -0.2) is 32.9 Å². The van der Waals surface area contributed by atoms with Crippen molar-refractivity contribution < 1.29 is 17.9 Å². The molecular weight excluding hydrogens is 479 g/mol. The third kappa shape index (κ3) is 5.83. The number of nitrogens with zero attached hydrogens (tertiary/aromatic N) is 5. The van der Waals surface area contributed by atoms with Gasteiger partial charge in [0.05, 0.1) is 37.2 Å². The van der Waals surface area contributed by atoms with E-state index in [2.05, 4.69) is 15.0 Å². The van der Waals surface area contributed by atoms with E-state index in [0.717, 1.165) is 10.9 Å². The average Bonchev–Trinajstić information content (AvgIpc) is 2.78. The molecule has 7 nitrogen and oxygen atoms in total. The molecule has 3 rings (SSSR count).